The number of nitrogens with zero attached hydrogens (tertiary/aromatic N) is 1. The highest BCUT2D eigenvalue weighted by molar-refractivity contribution is 4.69. The van der Waals surface area contributed by atoms with Crippen molar-refractivity contribution in [3.05, 3.63) is 0 Å². The van der Waals surface area contributed by atoms with Gasteiger partial charge in [-0.1, -0.05) is 0 Å². The van der Waals surface area contributed by atoms with Gasteiger partial charge in [-0.3, -0.25) is 0 Å². The molecule has 0 bridgehead atoms. The third kappa shape index (κ3) is 3.52. The van der Waals surface area contributed by atoms with E-state index in [1.807, 2.05) is 7.05 Å². The minimum absolute atomic E-state index is 0.852. The fourth-order valence-corrected chi connectivity index (χ4v) is 1.68. The standard InChI is InChI=1S/C9H20N2O/c1-10-12-8-5-9-3-6-11(2)7-4-9/h9-10H,3-8H2,1-2H3. The van der Waals surface area contributed by atoms with E-state index >= 15 is 0 Å². The highest BCUT2D eigenvalue weighted by atomic mass is 16.6. The first-order chi connectivity index (χ1) is 5.83. The second kappa shape index (κ2) is 5.51. The highest BCUT2D eigenvalue weighted by Crippen LogP contribution is 2.18. The summed E-state index contributed by atoms with van der Waals surface area (Å²) < 4.78 is 0. The molecule has 72 valence electrons. The molecule has 12 heavy (non-hydrogen) atoms. The Labute approximate surface area is 75.0 Å². The minimum Gasteiger partial charge on any atom is -0.306 e. The maximum Gasteiger partial charge on any atom is 0.0684 e. The van der Waals surface area contributed by atoms with Gasteiger partial charge < -0.3 is 9.74 Å². The molecule has 1 fully saturated rings. The van der Waals surface area contributed by atoms with Gasteiger partial charge in [0.25, 0.3) is 0 Å². The lowest BCUT2D eigenvalue weighted by atomic mass is 9.94. The first kappa shape index (κ1) is 9.96. The summed E-state index contributed by atoms with van der Waals surface area (Å²) in [5, 5.41) is 0. The molecule has 1 aliphatic heterocycles. The summed E-state index contributed by atoms with van der Waals surface area (Å²) in [6, 6.07) is 0. The van der Waals surface area contributed by atoms with Crippen LogP contribution in [0.1, 0.15) is 19.3 Å². The summed E-state index contributed by atoms with van der Waals surface area (Å²) in [4.78, 5) is 7.50. The van der Waals surface area contributed by atoms with Gasteiger partial charge >= 0.3 is 0 Å². The number of nitrogens with one attached hydrogen (secondary N) is 1. The van der Waals surface area contributed by atoms with Crippen LogP contribution < -0.4 is 5.48 Å². The van der Waals surface area contributed by atoms with Crippen LogP contribution in [0.2, 0.25) is 0 Å². The van der Waals surface area contributed by atoms with Crippen molar-refractivity contribution in [3.8, 4) is 0 Å². The fourth-order valence-electron chi connectivity index (χ4n) is 1.68. The average Bonchev–Trinajstić information content (AvgIpc) is 2.09. The first-order valence-electron chi connectivity index (χ1n) is 4.80. The second-order valence-corrected chi connectivity index (χ2v) is 3.59. The monoisotopic (exact) mass is 172 g/mol. The molecule has 0 amide bonds. The Balaban J connectivity index is 2.01. The van der Waals surface area contributed by atoms with Gasteiger partial charge in [0, 0.05) is 7.05 Å². The molecular formula is C9H20N2O. The van der Waals surface area contributed by atoms with E-state index in [1.165, 1.54) is 32.4 Å². The van der Waals surface area contributed by atoms with E-state index in [0.29, 0.717) is 0 Å². The maximum absolute atomic E-state index is 5.10. The van der Waals surface area contributed by atoms with Gasteiger partial charge in [-0.15, -0.1) is 0 Å². The van der Waals surface area contributed by atoms with Crippen molar-refractivity contribution in [3.63, 3.8) is 0 Å². The third-order valence-corrected chi connectivity index (χ3v) is 2.61. The highest BCUT2D eigenvalue weighted by Gasteiger charge is 2.15. The van der Waals surface area contributed by atoms with Crippen molar-refractivity contribution < 1.29 is 4.84 Å². The van der Waals surface area contributed by atoms with Crippen molar-refractivity contribution in [2.75, 3.05) is 33.8 Å². The van der Waals surface area contributed by atoms with Gasteiger partial charge in [-0.25, -0.2) is 5.48 Å². The number of piperidine rings is 1. The average molecular weight is 172 g/mol. The van der Waals surface area contributed by atoms with Crippen LogP contribution in [-0.4, -0.2) is 38.7 Å². The molecule has 0 saturated carbocycles. The summed E-state index contributed by atoms with van der Waals surface area (Å²) in [5.41, 5.74) is 2.71. The number of hydroxylamine groups is 1. The summed E-state index contributed by atoms with van der Waals surface area (Å²) >= 11 is 0. The molecule has 0 aromatic rings. The summed E-state index contributed by atoms with van der Waals surface area (Å²) in [6.45, 7) is 3.36. The largest absolute Gasteiger partial charge is 0.306 e. The normalized spacial score (nSPS) is 21.5. The topological polar surface area (TPSA) is 24.5 Å². The smallest absolute Gasteiger partial charge is 0.0684 e. The van der Waals surface area contributed by atoms with Crippen LogP contribution in [0.15, 0.2) is 0 Å². The molecular weight excluding hydrogens is 152 g/mol. The molecule has 0 aliphatic carbocycles. The van der Waals surface area contributed by atoms with Crippen molar-refractivity contribution >= 4 is 0 Å². The van der Waals surface area contributed by atoms with Gasteiger partial charge in [0.1, 0.15) is 0 Å². The van der Waals surface area contributed by atoms with E-state index in [2.05, 4.69) is 17.4 Å². The maximum atomic E-state index is 5.10. The first-order valence-corrected chi connectivity index (χ1v) is 4.80. The number of likely N-dealkylation sites (tertiary alicyclic amines) is 1. The molecule has 1 aliphatic rings. The summed E-state index contributed by atoms with van der Waals surface area (Å²) in [5.74, 6) is 0.884. The van der Waals surface area contributed by atoms with E-state index in [4.69, 9.17) is 4.84 Å². The molecule has 0 radical (unpaired) electrons. The molecule has 1 rings (SSSR count). The predicted octanol–water partition coefficient (Wildman–Crippen LogP) is 0.869. The molecule has 3 heteroatoms. The molecule has 0 atom stereocenters. The van der Waals surface area contributed by atoms with Gasteiger partial charge in [0.15, 0.2) is 0 Å². The predicted molar refractivity (Wildman–Crippen MR) is 49.8 cm³/mol. The molecule has 1 heterocycles. The van der Waals surface area contributed by atoms with E-state index in [0.717, 1.165) is 12.5 Å². The zero-order valence-corrected chi connectivity index (χ0v) is 8.18. The molecule has 0 unspecified atom stereocenters. The van der Waals surface area contributed by atoms with Crippen LogP contribution in [0.4, 0.5) is 0 Å². The van der Waals surface area contributed by atoms with Crippen LogP contribution in [0.3, 0.4) is 0 Å². The third-order valence-electron chi connectivity index (χ3n) is 2.61. The Kier molecular flexibility index (Phi) is 4.58. The SMILES string of the molecule is CNOCCC1CCN(C)CC1. The van der Waals surface area contributed by atoms with Crippen molar-refractivity contribution in [1.82, 2.24) is 10.4 Å². The Morgan fingerprint density at radius 2 is 2.08 bits per heavy atom. The van der Waals surface area contributed by atoms with Crippen molar-refractivity contribution in [1.29, 1.82) is 0 Å². The summed E-state index contributed by atoms with van der Waals surface area (Å²) in [6.07, 6.45) is 3.88. The summed E-state index contributed by atoms with van der Waals surface area (Å²) in [7, 11) is 4.01. The second-order valence-electron chi connectivity index (χ2n) is 3.59. The van der Waals surface area contributed by atoms with Crippen LogP contribution in [0.5, 0.6) is 0 Å². The molecule has 3 nitrogen and oxygen atoms in total. The van der Waals surface area contributed by atoms with E-state index in [9.17, 15) is 0 Å². The van der Waals surface area contributed by atoms with Crippen LogP contribution in [0.25, 0.3) is 0 Å². The molecule has 1 saturated heterocycles. The minimum atomic E-state index is 0.852. The fraction of sp³-hybridized carbons (Fsp3) is 1.00. The van der Waals surface area contributed by atoms with Crippen molar-refractivity contribution in [2.45, 2.75) is 19.3 Å². The van der Waals surface area contributed by atoms with Gasteiger partial charge in [-0.05, 0) is 45.3 Å². The van der Waals surface area contributed by atoms with Crippen LogP contribution in [-0.2, 0) is 4.84 Å². The lowest BCUT2D eigenvalue weighted by Gasteiger charge is -2.28. The van der Waals surface area contributed by atoms with Crippen molar-refractivity contribution in [2.24, 2.45) is 5.92 Å². The number of hydrogen-bond donors (Lipinski definition) is 1. The van der Waals surface area contributed by atoms with Gasteiger partial charge in [0.05, 0.1) is 6.61 Å². The molecule has 0 spiro atoms. The van der Waals surface area contributed by atoms with Gasteiger partial charge in [0.2, 0.25) is 0 Å². The Morgan fingerprint density at radius 1 is 1.42 bits per heavy atom. The van der Waals surface area contributed by atoms with Crippen LogP contribution >= 0.6 is 0 Å². The van der Waals surface area contributed by atoms with E-state index < -0.39 is 0 Å². The van der Waals surface area contributed by atoms with E-state index in [1.54, 1.807) is 0 Å². The number of rotatable bonds is 4. The molecule has 0 aromatic heterocycles. The molecule has 1 N–H and O–H groups in total. The van der Waals surface area contributed by atoms with E-state index in [-0.39, 0.29) is 0 Å². The Morgan fingerprint density at radius 3 is 2.67 bits per heavy atom. The van der Waals surface area contributed by atoms with Gasteiger partial charge in [-0.2, -0.15) is 0 Å². The lowest BCUT2D eigenvalue weighted by molar-refractivity contribution is 0.0424. The lowest BCUT2D eigenvalue weighted by Crippen LogP contribution is -2.30. The molecule has 0 aromatic carbocycles. The zero-order chi connectivity index (χ0) is 8.81. The number of hydrogen-bond acceptors (Lipinski definition) is 3. The van der Waals surface area contributed by atoms with Crippen LogP contribution in [0, 0.1) is 5.92 Å². The zero-order valence-electron chi connectivity index (χ0n) is 8.18. The Hall–Kier alpha value is -0.120. The quantitative estimate of drug-likeness (QED) is 0.503. The Bertz CT molecular complexity index is 111.